The third kappa shape index (κ3) is 5.46. The van der Waals surface area contributed by atoms with Gasteiger partial charge in [-0.25, -0.2) is 0 Å². The summed E-state index contributed by atoms with van der Waals surface area (Å²) in [7, 11) is -2.38. The minimum atomic E-state index is -3.74. The van der Waals surface area contributed by atoms with E-state index in [0.717, 1.165) is 9.98 Å². The van der Waals surface area contributed by atoms with Crippen molar-refractivity contribution in [3.8, 4) is 11.5 Å². The van der Waals surface area contributed by atoms with E-state index in [1.54, 1.807) is 37.3 Å². The Bertz CT molecular complexity index is 956. The van der Waals surface area contributed by atoms with Gasteiger partial charge in [-0.15, -0.1) is 0 Å². The van der Waals surface area contributed by atoms with Gasteiger partial charge in [0.1, 0.15) is 0 Å². The highest BCUT2D eigenvalue weighted by molar-refractivity contribution is 7.89. The van der Waals surface area contributed by atoms with Crippen molar-refractivity contribution in [3.05, 3.63) is 53.6 Å². The molecule has 9 heteroatoms. The van der Waals surface area contributed by atoms with Gasteiger partial charge in [-0.05, 0) is 49.7 Å². The molecule has 0 unspecified atom stereocenters. The molecule has 2 rings (SSSR count). The second-order valence-electron chi connectivity index (χ2n) is 5.89. The molecule has 8 nitrogen and oxygen atoms in total. The number of aryl methyl sites for hydroxylation is 1. The Balaban J connectivity index is 2.21. The van der Waals surface area contributed by atoms with Crippen molar-refractivity contribution >= 4 is 22.1 Å². The van der Waals surface area contributed by atoms with Crippen LogP contribution in [0.2, 0.25) is 0 Å². The zero-order valence-electron chi connectivity index (χ0n) is 16.0. The van der Waals surface area contributed by atoms with Crippen LogP contribution in [-0.2, 0) is 14.8 Å². The molecular formula is C19H23N3O5S. The highest BCUT2D eigenvalue weighted by atomic mass is 32.2. The van der Waals surface area contributed by atoms with Crippen LogP contribution in [-0.4, -0.2) is 45.2 Å². The molecule has 2 aromatic rings. The maximum absolute atomic E-state index is 12.6. The molecule has 150 valence electrons. The highest BCUT2D eigenvalue weighted by Crippen LogP contribution is 2.28. The number of hydrogen-bond acceptors (Lipinski definition) is 6. The molecule has 0 aromatic heterocycles. The minimum absolute atomic E-state index is 0.156. The number of nitrogens with zero attached hydrogens (tertiary/aromatic N) is 2. The Labute approximate surface area is 164 Å². The van der Waals surface area contributed by atoms with Gasteiger partial charge in [0.2, 0.25) is 0 Å². The number of carbonyl (C=O) groups is 1. The fraction of sp³-hybridized carbons (Fsp3) is 0.263. The molecule has 2 aromatic carbocycles. The summed E-state index contributed by atoms with van der Waals surface area (Å²) in [6.45, 7) is 3.80. The molecule has 0 spiro atoms. The quantitative estimate of drug-likeness (QED) is 0.506. The van der Waals surface area contributed by atoms with Crippen molar-refractivity contribution in [3.63, 3.8) is 0 Å². The van der Waals surface area contributed by atoms with Crippen LogP contribution < -0.4 is 15.2 Å². The van der Waals surface area contributed by atoms with E-state index in [2.05, 4.69) is 5.10 Å². The summed E-state index contributed by atoms with van der Waals surface area (Å²) in [5, 5.41) is 4.02. The SMILES string of the molecule is CCOc1cc(C=NN(C)S(=O)(=O)c2ccc(C)cc2)ccc1OCC(N)=O. The van der Waals surface area contributed by atoms with E-state index < -0.39 is 15.9 Å². The van der Waals surface area contributed by atoms with Crippen molar-refractivity contribution in [2.24, 2.45) is 10.8 Å². The summed E-state index contributed by atoms with van der Waals surface area (Å²) >= 11 is 0. The topological polar surface area (TPSA) is 111 Å². The lowest BCUT2D eigenvalue weighted by Gasteiger charge is -2.14. The fourth-order valence-corrected chi connectivity index (χ4v) is 3.17. The van der Waals surface area contributed by atoms with Crippen molar-refractivity contribution < 1.29 is 22.7 Å². The van der Waals surface area contributed by atoms with Crippen molar-refractivity contribution in [1.82, 2.24) is 4.41 Å². The van der Waals surface area contributed by atoms with E-state index in [9.17, 15) is 13.2 Å². The van der Waals surface area contributed by atoms with Gasteiger partial charge < -0.3 is 15.2 Å². The molecular weight excluding hydrogens is 382 g/mol. The molecule has 0 bridgehead atoms. The zero-order chi connectivity index (χ0) is 20.7. The molecule has 0 aliphatic rings. The molecule has 0 aliphatic heterocycles. The van der Waals surface area contributed by atoms with E-state index in [4.69, 9.17) is 15.2 Å². The van der Waals surface area contributed by atoms with Gasteiger partial charge in [0.15, 0.2) is 18.1 Å². The minimum Gasteiger partial charge on any atom is -0.490 e. The first-order chi connectivity index (χ1) is 13.2. The lowest BCUT2D eigenvalue weighted by Crippen LogP contribution is -2.22. The lowest BCUT2D eigenvalue weighted by atomic mass is 10.2. The average molecular weight is 405 g/mol. The molecule has 0 saturated carbocycles. The van der Waals surface area contributed by atoms with Crippen molar-refractivity contribution in [2.75, 3.05) is 20.3 Å². The number of amides is 1. The first-order valence-electron chi connectivity index (χ1n) is 8.51. The average Bonchev–Trinajstić information content (AvgIpc) is 2.65. The van der Waals surface area contributed by atoms with E-state index in [-0.39, 0.29) is 11.5 Å². The van der Waals surface area contributed by atoms with Crippen LogP contribution in [0.1, 0.15) is 18.1 Å². The molecule has 0 saturated heterocycles. The Hall–Kier alpha value is -3.07. The second kappa shape index (κ2) is 9.23. The van der Waals surface area contributed by atoms with Crippen LogP contribution in [0.3, 0.4) is 0 Å². The maximum atomic E-state index is 12.6. The third-order valence-corrected chi connectivity index (χ3v) is 5.33. The van der Waals surface area contributed by atoms with Crippen LogP contribution in [0.25, 0.3) is 0 Å². The van der Waals surface area contributed by atoms with Crippen molar-refractivity contribution in [1.29, 1.82) is 0 Å². The number of benzene rings is 2. The predicted octanol–water partition coefficient (Wildman–Crippen LogP) is 1.91. The fourth-order valence-electron chi connectivity index (χ4n) is 2.21. The van der Waals surface area contributed by atoms with Gasteiger partial charge in [-0.3, -0.25) is 4.79 Å². The number of hydrogen-bond donors (Lipinski definition) is 1. The standard InChI is InChI=1S/C19H23N3O5S/c1-4-26-18-11-15(7-10-17(18)27-13-19(20)23)12-21-22(3)28(24,25)16-8-5-14(2)6-9-16/h5-12H,4,13H2,1-3H3,(H2,20,23). The van der Waals surface area contributed by atoms with Crippen LogP contribution in [0.4, 0.5) is 0 Å². The first-order valence-corrected chi connectivity index (χ1v) is 9.95. The summed E-state index contributed by atoms with van der Waals surface area (Å²) in [5.41, 5.74) is 6.65. The Kier molecular flexibility index (Phi) is 7.00. The van der Waals surface area contributed by atoms with Crippen LogP contribution in [0.15, 0.2) is 52.5 Å². The summed E-state index contributed by atoms with van der Waals surface area (Å²) in [5.74, 6) is 0.159. The van der Waals surface area contributed by atoms with Crippen LogP contribution in [0, 0.1) is 6.92 Å². The summed E-state index contributed by atoms with van der Waals surface area (Å²) in [6, 6.07) is 11.4. The third-order valence-electron chi connectivity index (χ3n) is 3.67. The number of rotatable bonds is 9. The number of hydrazone groups is 1. The van der Waals surface area contributed by atoms with Crippen LogP contribution in [0.5, 0.6) is 11.5 Å². The molecule has 1 amide bonds. The molecule has 0 aliphatic carbocycles. The summed E-state index contributed by atoms with van der Waals surface area (Å²) < 4.78 is 36.8. The number of sulfonamides is 1. The Morgan fingerprint density at radius 1 is 1.14 bits per heavy atom. The Morgan fingerprint density at radius 3 is 2.43 bits per heavy atom. The number of primary amides is 1. The number of nitrogens with two attached hydrogens (primary N) is 1. The van der Waals surface area contributed by atoms with Gasteiger partial charge in [-0.2, -0.15) is 17.9 Å². The molecule has 28 heavy (non-hydrogen) atoms. The molecule has 0 radical (unpaired) electrons. The van der Waals surface area contributed by atoms with Crippen LogP contribution >= 0.6 is 0 Å². The normalized spacial score (nSPS) is 11.4. The van der Waals surface area contributed by atoms with E-state index >= 15 is 0 Å². The summed E-state index contributed by atoms with van der Waals surface area (Å²) in [6.07, 6.45) is 1.39. The highest BCUT2D eigenvalue weighted by Gasteiger charge is 2.18. The smallest absolute Gasteiger partial charge is 0.278 e. The predicted molar refractivity (Wildman–Crippen MR) is 106 cm³/mol. The lowest BCUT2D eigenvalue weighted by molar-refractivity contribution is -0.119. The van der Waals surface area contributed by atoms with E-state index in [1.165, 1.54) is 25.4 Å². The number of ether oxygens (including phenoxy) is 2. The van der Waals surface area contributed by atoms with E-state index in [0.29, 0.717) is 23.7 Å². The molecule has 0 fully saturated rings. The van der Waals surface area contributed by atoms with Gasteiger partial charge >= 0.3 is 0 Å². The summed E-state index contributed by atoms with van der Waals surface area (Å²) in [4.78, 5) is 11.0. The second-order valence-corrected chi connectivity index (χ2v) is 7.84. The molecule has 0 heterocycles. The zero-order valence-corrected chi connectivity index (χ0v) is 16.8. The maximum Gasteiger partial charge on any atom is 0.278 e. The van der Waals surface area contributed by atoms with Gasteiger partial charge in [0.25, 0.3) is 15.9 Å². The van der Waals surface area contributed by atoms with Gasteiger partial charge in [0, 0.05) is 7.05 Å². The molecule has 2 N–H and O–H groups in total. The number of carbonyl (C=O) groups excluding carboxylic acids is 1. The molecule has 0 atom stereocenters. The monoisotopic (exact) mass is 405 g/mol. The van der Waals surface area contributed by atoms with Gasteiger partial charge in [-0.1, -0.05) is 17.7 Å². The van der Waals surface area contributed by atoms with E-state index in [1.807, 2.05) is 6.92 Å². The van der Waals surface area contributed by atoms with Gasteiger partial charge in [0.05, 0.1) is 17.7 Å². The largest absolute Gasteiger partial charge is 0.490 e. The Morgan fingerprint density at radius 2 is 1.82 bits per heavy atom. The first kappa shape index (κ1) is 21.2. The van der Waals surface area contributed by atoms with Crippen molar-refractivity contribution in [2.45, 2.75) is 18.7 Å².